The number of rotatable bonds is 4. The second kappa shape index (κ2) is 6.63. The van der Waals surface area contributed by atoms with Crippen molar-refractivity contribution in [3.8, 4) is 0 Å². The predicted octanol–water partition coefficient (Wildman–Crippen LogP) is 3.10. The van der Waals surface area contributed by atoms with Crippen molar-refractivity contribution in [2.24, 2.45) is 5.73 Å². The van der Waals surface area contributed by atoms with E-state index in [0.717, 1.165) is 5.56 Å². The first-order chi connectivity index (χ1) is 9.56. The molecule has 3 nitrogen and oxygen atoms in total. The quantitative estimate of drug-likeness (QED) is 0.901. The lowest BCUT2D eigenvalue weighted by atomic mass is 10.1. The molecule has 0 bridgehead atoms. The van der Waals surface area contributed by atoms with Crippen molar-refractivity contribution in [3.63, 3.8) is 0 Å². The van der Waals surface area contributed by atoms with E-state index in [-0.39, 0.29) is 5.69 Å². The van der Waals surface area contributed by atoms with Crippen LogP contribution in [0.25, 0.3) is 0 Å². The summed E-state index contributed by atoms with van der Waals surface area (Å²) in [4.78, 5) is 12.0. The van der Waals surface area contributed by atoms with E-state index in [9.17, 15) is 9.18 Å². The van der Waals surface area contributed by atoms with Gasteiger partial charge in [-0.1, -0.05) is 46.3 Å². The number of halogens is 2. The van der Waals surface area contributed by atoms with E-state index in [1.54, 1.807) is 6.07 Å². The Morgan fingerprint density at radius 1 is 1.25 bits per heavy atom. The number of benzene rings is 2. The zero-order valence-corrected chi connectivity index (χ0v) is 12.2. The van der Waals surface area contributed by atoms with Crippen molar-refractivity contribution in [1.29, 1.82) is 0 Å². The summed E-state index contributed by atoms with van der Waals surface area (Å²) < 4.78 is 14.2. The van der Waals surface area contributed by atoms with Gasteiger partial charge in [-0.15, -0.1) is 0 Å². The van der Waals surface area contributed by atoms with Crippen LogP contribution in [0.4, 0.5) is 10.1 Å². The number of hydrogen-bond acceptors (Lipinski definition) is 2. The molecule has 1 unspecified atom stereocenters. The third-order valence-corrected chi connectivity index (χ3v) is 3.31. The van der Waals surface area contributed by atoms with E-state index in [0.29, 0.717) is 10.9 Å². The fourth-order valence-electron chi connectivity index (χ4n) is 1.78. The number of carbonyl (C=O) groups is 1. The van der Waals surface area contributed by atoms with Crippen LogP contribution in [0, 0.1) is 5.82 Å². The van der Waals surface area contributed by atoms with Crippen LogP contribution in [-0.4, -0.2) is 11.9 Å². The maximum Gasteiger partial charge on any atom is 0.241 e. The largest absolute Gasteiger partial charge is 0.322 e. The molecule has 104 valence electrons. The van der Waals surface area contributed by atoms with E-state index in [1.165, 1.54) is 12.1 Å². The first kappa shape index (κ1) is 14.7. The van der Waals surface area contributed by atoms with Crippen LogP contribution >= 0.6 is 15.9 Å². The van der Waals surface area contributed by atoms with Gasteiger partial charge in [-0.25, -0.2) is 4.39 Å². The molecule has 0 radical (unpaired) electrons. The topological polar surface area (TPSA) is 55.1 Å². The lowest BCUT2D eigenvalue weighted by molar-refractivity contribution is -0.117. The highest BCUT2D eigenvalue weighted by Gasteiger charge is 2.16. The Labute approximate surface area is 125 Å². The Bertz CT molecular complexity index is 604. The molecule has 0 saturated carbocycles. The summed E-state index contributed by atoms with van der Waals surface area (Å²) in [6.45, 7) is 0. The van der Waals surface area contributed by atoms with Gasteiger partial charge in [0.1, 0.15) is 5.82 Å². The number of amides is 1. The molecule has 3 N–H and O–H groups in total. The Morgan fingerprint density at radius 3 is 2.65 bits per heavy atom. The summed E-state index contributed by atoms with van der Waals surface area (Å²) in [7, 11) is 0. The highest BCUT2D eigenvalue weighted by molar-refractivity contribution is 9.10. The average Bonchev–Trinajstić information content (AvgIpc) is 2.44. The van der Waals surface area contributed by atoms with Crippen molar-refractivity contribution in [2.45, 2.75) is 12.5 Å². The number of hydrogen-bond donors (Lipinski definition) is 2. The summed E-state index contributed by atoms with van der Waals surface area (Å²) in [5.74, 6) is -0.903. The van der Waals surface area contributed by atoms with E-state index >= 15 is 0 Å². The van der Waals surface area contributed by atoms with Gasteiger partial charge in [0.05, 0.1) is 11.7 Å². The standard InChI is InChI=1S/C15H14BrFN2O/c16-11-6-7-12(17)14(9-11)19-15(20)13(18)8-10-4-2-1-3-5-10/h1-7,9,13H,8,18H2,(H,19,20). The molecular weight excluding hydrogens is 323 g/mol. The Balaban J connectivity index is 2.02. The third kappa shape index (κ3) is 3.88. The molecule has 0 spiro atoms. The molecule has 0 aliphatic rings. The molecule has 0 aliphatic heterocycles. The normalized spacial score (nSPS) is 11.9. The van der Waals surface area contributed by atoms with E-state index in [1.807, 2.05) is 30.3 Å². The van der Waals surface area contributed by atoms with Crippen LogP contribution < -0.4 is 11.1 Å². The minimum absolute atomic E-state index is 0.118. The summed E-state index contributed by atoms with van der Waals surface area (Å²) in [5, 5.41) is 2.50. The highest BCUT2D eigenvalue weighted by atomic mass is 79.9. The van der Waals surface area contributed by atoms with Crippen LogP contribution in [0.3, 0.4) is 0 Å². The van der Waals surface area contributed by atoms with Gasteiger partial charge in [-0.05, 0) is 30.2 Å². The van der Waals surface area contributed by atoms with E-state index in [4.69, 9.17) is 5.73 Å². The van der Waals surface area contributed by atoms with Crippen molar-refractivity contribution < 1.29 is 9.18 Å². The monoisotopic (exact) mass is 336 g/mol. The molecule has 0 heterocycles. The Morgan fingerprint density at radius 2 is 1.95 bits per heavy atom. The molecule has 5 heteroatoms. The highest BCUT2D eigenvalue weighted by Crippen LogP contribution is 2.20. The van der Waals surface area contributed by atoms with Crippen molar-refractivity contribution >= 4 is 27.5 Å². The van der Waals surface area contributed by atoms with Gasteiger partial charge in [-0.3, -0.25) is 4.79 Å². The SMILES string of the molecule is NC(Cc1ccccc1)C(=O)Nc1cc(Br)ccc1F. The number of anilines is 1. The molecule has 2 aromatic rings. The molecule has 20 heavy (non-hydrogen) atoms. The smallest absolute Gasteiger partial charge is 0.241 e. The first-order valence-corrected chi connectivity index (χ1v) is 6.91. The molecule has 2 rings (SSSR count). The van der Waals surface area contributed by atoms with Gasteiger partial charge in [0.25, 0.3) is 0 Å². The summed E-state index contributed by atoms with van der Waals surface area (Å²) >= 11 is 3.23. The second-order valence-corrected chi connectivity index (χ2v) is 5.33. The fourth-order valence-corrected chi connectivity index (χ4v) is 2.14. The van der Waals surface area contributed by atoms with Gasteiger partial charge in [0, 0.05) is 4.47 Å². The van der Waals surface area contributed by atoms with Crippen molar-refractivity contribution in [2.75, 3.05) is 5.32 Å². The lowest BCUT2D eigenvalue weighted by Crippen LogP contribution is -2.37. The van der Waals surface area contributed by atoms with E-state index < -0.39 is 17.8 Å². The molecule has 2 aromatic carbocycles. The van der Waals surface area contributed by atoms with E-state index in [2.05, 4.69) is 21.2 Å². The third-order valence-electron chi connectivity index (χ3n) is 2.82. The summed E-state index contributed by atoms with van der Waals surface area (Å²) in [5.41, 5.74) is 6.92. The fraction of sp³-hybridized carbons (Fsp3) is 0.133. The number of nitrogens with two attached hydrogens (primary N) is 1. The number of carbonyl (C=O) groups excluding carboxylic acids is 1. The summed E-state index contributed by atoms with van der Waals surface area (Å²) in [6.07, 6.45) is 0.405. The average molecular weight is 337 g/mol. The predicted molar refractivity (Wildman–Crippen MR) is 80.9 cm³/mol. The van der Waals surface area contributed by atoms with Crippen LogP contribution in [0.5, 0.6) is 0 Å². The maximum absolute atomic E-state index is 13.5. The van der Waals surface area contributed by atoms with Crippen molar-refractivity contribution in [3.05, 3.63) is 64.4 Å². The Hall–Kier alpha value is -1.72. The molecule has 0 fully saturated rings. The van der Waals surface area contributed by atoms with Gasteiger partial charge < -0.3 is 11.1 Å². The summed E-state index contributed by atoms with van der Waals surface area (Å²) in [6, 6.07) is 13.1. The molecule has 1 amide bonds. The van der Waals surface area contributed by atoms with Gasteiger partial charge in [0.2, 0.25) is 5.91 Å². The zero-order chi connectivity index (χ0) is 14.5. The van der Waals surface area contributed by atoms with Gasteiger partial charge >= 0.3 is 0 Å². The van der Waals surface area contributed by atoms with Gasteiger partial charge in [-0.2, -0.15) is 0 Å². The van der Waals surface area contributed by atoms with Gasteiger partial charge in [0.15, 0.2) is 0 Å². The number of nitrogens with one attached hydrogen (secondary N) is 1. The van der Waals surface area contributed by atoms with Crippen LogP contribution in [0.15, 0.2) is 53.0 Å². The van der Waals surface area contributed by atoms with Crippen LogP contribution in [0.2, 0.25) is 0 Å². The molecule has 0 aromatic heterocycles. The van der Waals surface area contributed by atoms with Crippen molar-refractivity contribution in [1.82, 2.24) is 0 Å². The van der Waals surface area contributed by atoms with Crippen LogP contribution in [-0.2, 0) is 11.2 Å². The zero-order valence-electron chi connectivity index (χ0n) is 10.6. The molecular formula is C15H14BrFN2O. The minimum Gasteiger partial charge on any atom is -0.322 e. The Kier molecular flexibility index (Phi) is 4.87. The maximum atomic E-state index is 13.5. The second-order valence-electron chi connectivity index (χ2n) is 4.41. The first-order valence-electron chi connectivity index (χ1n) is 6.11. The minimum atomic E-state index is -0.726. The molecule has 0 aliphatic carbocycles. The van der Waals surface area contributed by atoms with Crippen LogP contribution in [0.1, 0.15) is 5.56 Å². The lowest BCUT2D eigenvalue weighted by Gasteiger charge is -2.13. The molecule has 1 atom stereocenters. The molecule has 0 saturated heterocycles.